The number of thioether (sulfide) groups is 1. The summed E-state index contributed by atoms with van der Waals surface area (Å²) in [6.07, 6.45) is 2.80. The van der Waals surface area contributed by atoms with Gasteiger partial charge in [-0.2, -0.15) is 0 Å². The zero-order valence-corrected chi connectivity index (χ0v) is 19.1. The largest absolute Gasteiger partial charge is 0.363 e. The molecule has 0 fully saturated rings. The maximum atomic E-state index is 12.9. The van der Waals surface area contributed by atoms with E-state index in [2.05, 4.69) is 26.7 Å². The number of nitrogens with one attached hydrogen (secondary N) is 2. The van der Waals surface area contributed by atoms with E-state index >= 15 is 0 Å². The summed E-state index contributed by atoms with van der Waals surface area (Å²) in [5.74, 6) is 2.48. The van der Waals surface area contributed by atoms with Crippen LogP contribution in [-0.2, 0) is 6.54 Å². The van der Waals surface area contributed by atoms with Crippen molar-refractivity contribution in [2.24, 2.45) is 4.99 Å². The summed E-state index contributed by atoms with van der Waals surface area (Å²) in [7, 11) is 5.72. The van der Waals surface area contributed by atoms with Gasteiger partial charge in [-0.3, -0.25) is 4.99 Å². The number of aromatic nitrogens is 1. The molecule has 27 heavy (non-hydrogen) atoms. The van der Waals surface area contributed by atoms with Crippen LogP contribution in [0.25, 0.3) is 0 Å². The molecule has 2 rings (SSSR count). The Morgan fingerprint density at radius 1 is 1.19 bits per heavy atom. The van der Waals surface area contributed by atoms with Gasteiger partial charge >= 0.3 is 0 Å². The van der Waals surface area contributed by atoms with Gasteiger partial charge < -0.3 is 15.5 Å². The molecule has 0 unspecified atom stereocenters. The van der Waals surface area contributed by atoms with Crippen molar-refractivity contribution < 1.29 is 4.39 Å². The van der Waals surface area contributed by atoms with Crippen LogP contribution in [0.1, 0.15) is 12.0 Å². The number of rotatable bonds is 8. The number of aliphatic imine (C=N–C) groups is 1. The number of pyridine rings is 1. The molecule has 2 aromatic rings. The van der Waals surface area contributed by atoms with Crippen molar-refractivity contribution in [1.82, 2.24) is 15.6 Å². The lowest BCUT2D eigenvalue weighted by Crippen LogP contribution is -2.37. The fourth-order valence-corrected chi connectivity index (χ4v) is 3.07. The lowest BCUT2D eigenvalue weighted by molar-refractivity contribution is 0.626. The summed E-state index contributed by atoms with van der Waals surface area (Å²) in [6.45, 7) is 1.51. The zero-order valence-electron chi connectivity index (χ0n) is 15.9. The van der Waals surface area contributed by atoms with Crippen molar-refractivity contribution in [3.63, 3.8) is 0 Å². The highest BCUT2D eigenvalue weighted by Gasteiger charge is 2.02. The maximum Gasteiger partial charge on any atom is 0.191 e. The number of hydrogen-bond acceptors (Lipinski definition) is 4. The second-order valence-corrected chi connectivity index (χ2v) is 7.09. The standard InChI is InChI=1S/C19H26FN5S.HI/c1-21-19(24-14-15-9-11-22-18(13-15)25(2)3)23-10-4-12-26-17-7-5-16(20)6-8-17;/h5-9,11,13H,4,10,12,14H2,1-3H3,(H2,21,23,24);1H. The lowest BCUT2D eigenvalue weighted by Gasteiger charge is -2.14. The van der Waals surface area contributed by atoms with E-state index < -0.39 is 0 Å². The molecule has 8 heteroatoms. The maximum absolute atomic E-state index is 12.9. The van der Waals surface area contributed by atoms with Gasteiger partial charge in [0.2, 0.25) is 0 Å². The van der Waals surface area contributed by atoms with Crippen molar-refractivity contribution >= 4 is 47.5 Å². The summed E-state index contributed by atoms with van der Waals surface area (Å²) < 4.78 is 12.9. The molecule has 0 saturated heterocycles. The van der Waals surface area contributed by atoms with Crippen molar-refractivity contribution in [3.05, 3.63) is 54.0 Å². The van der Waals surface area contributed by atoms with Crippen molar-refractivity contribution in [1.29, 1.82) is 0 Å². The number of guanidine groups is 1. The quantitative estimate of drug-likeness (QED) is 0.189. The first-order valence-corrected chi connectivity index (χ1v) is 9.52. The summed E-state index contributed by atoms with van der Waals surface area (Å²) in [5, 5.41) is 6.62. The van der Waals surface area contributed by atoms with E-state index in [1.807, 2.05) is 43.4 Å². The Hall–Kier alpha value is -1.55. The van der Waals surface area contributed by atoms with Gasteiger partial charge in [-0.15, -0.1) is 35.7 Å². The van der Waals surface area contributed by atoms with E-state index in [0.29, 0.717) is 6.54 Å². The van der Waals surface area contributed by atoms with Crippen LogP contribution >= 0.6 is 35.7 Å². The molecule has 0 amide bonds. The molecule has 148 valence electrons. The minimum atomic E-state index is -0.196. The number of anilines is 1. The molecule has 1 aromatic carbocycles. The average molecular weight is 503 g/mol. The van der Waals surface area contributed by atoms with Gasteiger partial charge in [0.15, 0.2) is 5.96 Å². The second-order valence-electron chi connectivity index (χ2n) is 5.93. The summed E-state index contributed by atoms with van der Waals surface area (Å²) in [6, 6.07) is 10.7. The van der Waals surface area contributed by atoms with Gasteiger partial charge in [0.05, 0.1) is 0 Å². The highest BCUT2D eigenvalue weighted by molar-refractivity contribution is 14.0. The van der Waals surface area contributed by atoms with Crippen LogP contribution < -0.4 is 15.5 Å². The molecule has 0 saturated carbocycles. The van der Waals surface area contributed by atoms with Crippen LogP contribution in [0.15, 0.2) is 52.5 Å². The van der Waals surface area contributed by atoms with Gasteiger partial charge in [-0.05, 0) is 54.1 Å². The third-order valence-corrected chi connectivity index (χ3v) is 4.75. The lowest BCUT2D eigenvalue weighted by atomic mass is 10.2. The van der Waals surface area contributed by atoms with Gasteiger partial charge in [0, 0.05) is 45.3 Å². The van der Waals surface area contributed by atoms with Gasteiger partial charge in [-0.25, -0.2) is 9.37 Å². The molecule has 0 spiro atoms. The number of benzene rings is 1. The number of halogens is 2. The number of hydrogen-bond donors (Lipinski definition) is 2. The van der Waals surface area contributed by atoms with Gasteiger partial charge in [0.1, 0.15) is 11.6 Å². The predicted octanol–water partition coefficient (Wildman–Crippen LogP) is 3.75. The first-order chi connectivity index (χ1) is 12.6. The molecule has 2 N–H and O–H groups in total. The van der Waals surface area contributed by atoms with E-state index in [-0.39, 0.29) is 29.8 Å². The van der Waals surface area contributed by atoms with Crippen LogP contribution in [0.2, 0.25) is 0 Å². The van der Waals surface area contributed by atoms with Crippen LogP contribution in [0.3, 0.4) is 0 Å². The Balaban J connectivity index is 0.00000364. The van der Waals surface area contributed by atoms with E-state index in [4.69, 9.17) is 0 Å². The summed E-state index contributed by atoms with van der Waals surface area (Å²) in [4.78, 5) is 11.6. The second kappa shape index (κ2) is 12.8. The van der Waals surface area contributed by atoms with Crippen molar-refractivity contribution in [2.75, 3.05) is 38.3 Å². The van der Waals surface area contributed by atoms with Gasteiger partial charge in [0.25, 0.3) is 0 Å². The summed E-state index contributed by atoms with van der Waals surface area (Å²) >= 11 is 1.72. The molecule has 1 heterocycles. The SMILES string of the molecule is CN=C(NCCCSc1ccc(F)cc1)NCc1ccnc(N(C)C)c1.I. The Labute approximate surface area is 182 Å². The monoisotopic (exact) mass is 503 g/mol. The first kappa shape index (κ1) is 23.5. The highest BCUT2D eigenvalue weighted by atomic mass is 127. The number of nitrogens with zero attached hydrogens (tertiary/aromatic N) is 3. The average Bonchev–Trinajstić information content (AvgIpc) is 2.65. The molecule has 0 aliphatic heterocycles. The van der Waals surface area contributed by atoms with Crippen LogP contribution in [-0.4, -0.2) is 44.4 Å². The molecule has 0 aliphatic carbocycles. The normalized spacial score (nSPS) is 10.9. The van der Waals surface area contributed by atoms with Crippen LogP contribution in [0.4, 0.5) is 10.2 Å². The fraction of sp³-hybridized carbons (Fsp3) is 0.368. The Morgan fingerprint density at radius 3 is 2.59 bits per heavy atom. The minimum absolute atomic E-state index is 0. The van der Waals surface area contributed by atoms with E-state index in [0.717, 1.165) is 41.0 Å². The predicted molar refractivity (Wildman–Crippen MR) is 124 cm³/mol. The Morgan fingerprint density at radius 2 is 1.93 bits per heavy atom. The van der Waals surface area contributed by atoms with E-state index in [1.54, 1.807) is 18.8 Å². The molecule has 0 atom stereocenters. The van der Waals surface area contributed by atoms with E-state index in [1.165, 1.54) is 12.1 Å². The van der Waals surface area contributed by atoms with Crippen molar-refractivity contribution in [3.8, 4) is 0 Å². The molecule has 0 radical (unpaired) electrons. The summed E-state index contributed by atoms with van der Waals surface area (Å²) in [5.41, 5.74) is 1.15. The third kappa shape index (κ3) is 8.79. The smallest absolute Gasteiger partial charge is 0.191 e. The van der Waals surface area contributed by atoms with Gasteiger partial charge in [-0.1, -0.05) is 0 Å². The molecule has 5 nitrogen and oxygen atoms in total. The fourth-order valence-electron chi connectivity index (χ4n) is 2.22. The Kier molecular flexibility index (Phi) is 11.1. The molecule has 0 bridgehead atoms. The van der Waals surface area contributed by atoms with E-state index in [9.17, 15) is 4.39 Å². The molecule has 0 aliphatic rings. The first-order valence-electron chi connectivity index (χ1n) is 8.53. The van der Waals surface area contributed by atoms with Crippen molar-refractivity contribution in [2.45, 2.75) is 17.9 Å². The Bertz CT molecular complexity index is 710. The topological polar surface area (TPSA) is 52.6 Å². The third-order valence-electron chi connectivity index (χ3n) is 3.65. The minimum Gasteiger partial charge on any atom is -0.363 e. The van der Waals surface area contributed by atoms with Crippen LogP contribution in [0, 0.1) is 5.82 Å². The molecular weight excluding hydrogens is 476 g/mol. The molecule has 1 aromatic heterocycles. The zero-order chi connectivity index (χ0) is 18.8. The molecular formula is C19H27FIN5S. The van der Waals surface area contributed by atoms with Crippen LogP contribution in [0.5, 0.6) is 0 Å². The highest BCUT2D eigenvalue weighted by Crippen LogP contribution is 2.18.